The largest absolute Gasteiger partial charge is 0.158 e. The molecule has 0 N–H and O–H groups in total. The van der Waals surface area contributed by atoms with Gasteiger partial charge in [0.05, 0.1) is 0 Å². The maximum Gasteiger partial charge on any atom is 0.0149 e. The molecule has 0 aliphatic carbocycles. The molecule has 15 heavy (non-hydrogen) atoms. The van der Waals surface area contributed by atoms with Crippen molar-refractivity contribution in [1.29, 1.82) is 0 Å². The standard InChI is InChI=1S/C11H18S4/c1(8-5-13-8)2-12-9(3-10-6-14-10)4-11-7-15-11/h8-11H,1-7H2. The first kappa shape index (κ1) is 11.5. The Morgan fingerprint density at radius 2 is 1.47 bits per heavy atom. The van der Waals surface area contributed by atoms with Gasteiger partial charge in [-0.3, -0.25) is 0 Å². The summed E-state index contributed by atoms with van der Waals surface area (Å²) in [6.45, 7) is 0. The summed E-state index contributed by atoms with van der Waals surface area (Å²) in [5.41, 5.74) is 0. The highest BCUT2D eigenvalue weighted by molar-refractivity contribution is 8.07. The summed E-state index contributed by atoms with van der Waals surface area (Å²) < 4.78 is 0. The second-order valence-electron chi connectivity index (χ2n) is 4.62. The van der Waals surface area contributed by atoms with Crippen LogP contribution in [0.25, 0.3) is 0 Å². The van der Waals surface area contributed by atoms with E-state index in [0.29, 0.717) is 0 Å². The Morgan fingerprint density at radius 1 is 0.933 bits per heavy atom. The van der Waals surface area contributed by atoms with Gasteiger partial charge >= 0.3 is 0 Å². The van der Waals surface area contributed by atoms with Gasteiger partial charge in [-0.05, 0) is 25.0 Å². The van der Waals surface area contributed by atoms with Gasteiger partial charge in [-0.25, -0.2) is 0 Å². The molecule has 3 aliphatic rings. The van der Waals surface area contributed by atoms with Gasteiger partial charge in [-0.1, -0.05) is 0 Å². The molecule has 3 heterocycles. The summed E-state index contributed by atoms with van der Waals surface area (Å²) in [4.78, 5) is 0. The van der Waals surface area contributed by atoms with Crippen LogP contribution in [0, 0.1) is 0 Å². The van der Waals surface area contributed by atoms with E-state index in [1.807, 2.05) is 0 Å². The van der Waals surface area contributed by atoms with Crippen LogP contribution in [-0.4, -0.2) is 44.0 Å². The smallest absolute Gasteiger partial charge is 0.0149 e. The third-order valence-corrected chi connectivity index (χ3v) is 7.41. The van der Waals surface area contributed by atoms with Crippen molar-refractivity contribution in [3.8, 4) is 0 Å². The van der Waals surface area contributed by atoms with E-state index in [1.165, 1.54) is 42.3 Å². The molecule has 4 heteroatoms. The lowest BCUT2D eigenvalue weighted by Crippen LogP contribution is -2.10. The average Bonchev–Trinajstić information content (AvgIpc) is 3.06. The van der Waals surface area contributed by atoms with Crippen LogP contribution in [0.1, 0.15) is 19.3 Å². The molecule has 3 saturated heterocycles. The Hall–Kier alpha value is 1.40. The van der Waals surface area contributed by atoms with E-state index >= 15 is 0 Å². The zero-order chi connectivity index (χ0) is 10.1. The van der Waals surface area contributed by atoms with Gasteiger partial charge in [0.25, 0.3) is 0 Å². The van der Waals surface area contributed by atoms with Crippen molar-refractivity contribution in [3.05, 3.63) is 0 Å². The van der Waals surface area contributed by atoms with Gasteiger partial charge in [-0.2, -0.15) is 47.0 Å². The van der Waals surface area contributed by atoms with Crippen LogP contribution >= 0.6 is 47.0 Å². The van der Waals surface area contributed by atoms with E-state index in [-0.39, 0.29) is 0 Å². The predicted molar refractivity (Wildman–Crippen MR) is 78.8 cm³/mol. The van der Waals surface area contributed by atoms with Crippen LogP contribution in [0.2, 0.25) is 0 Å². The molecular weight excluding hydrogens is 260 g/mol. The van der Waals surface area contributed by atoms with E-state index in [4.69, 9.17) is 0 Å². The highest BCUT2D eigenvalue weighted by atomic mass is 32.2. The van der Waals surface area contributed by atoms with Gasteiger partial charge in [-0.15, -0.1) is 0 Å². The molecule has 3 unspecified atom stereocenters. The SMILES string of the molecule is C(CC1CS1)SC(CC1CS1)CC1CS1. The van der Waals surface area contributed by atoms with Crippen LogP contribution in [-0.2, 0) is 0 Å². The average molecular weight is 279 g/mol. The third-order valence-electron chi connectivity index (χ3n) is 3.05. The number of thioether (sulfide) groups is 4. The normalized spacial score (nSPS) is 38.8. The van der Waals surface area contributed by atoms with Crippen LogP contribution in [0.4, 0.5) is 0 Å². The first-order valence-corrected chi connectivity index (χ1v) is 10.1. The van der Waals surface area contributed by atoms with Crippen molar-refractivity contribution in [2.75, 3.05) is 23.0 Å². The zero-order valence-electron chi connectivity index (χ0n) is 8.89. The molecule has 0 aromatic rings. The highest BCUT2D eigenvalue weighted by Crippen LogP contribution is 2.43. The minimum absolute atomic E-state index is 0.994. The van der Waals surface area contributed by atoms with Gasteiger partial charge < -0.3 is 0 Å². The van der Waals surface area contributed by atoms with Gasteiger partial charge in [0.1, 0.15) is 0 Å². The van der Waals surface area contributed by atoms with Crippen molar-refractivity contribution in [1.82, 2.24) is 0 Å². The lowest BCUT2D eigenvalue weighted by Gasteiger charge is -2.14. The first-order chi connectivity index (χ1) is 7.40. The Morgan fingerprint density at radius 3 is 1.93 bits per heavy atom. The monoisotopic (exact) mass is 278 g/mol. The van der Waals surface area contributed by atoms with E-state index in [0.717, 1.165) is 21.0 Å². The van der Waals surface area contributed by atoms with Crippen LogP contribution in [0.3, 0.4) is 0 Å². The molecule has 3 fully saturated rings. The molecule has 3 rings (SSSR count). The van der Waals surface area contributed by atoms with Gasteiger partial charge in [0.2, 0.25) is 0 Å². The summed E-state index contributed by atoms with van der Waals surface area (Å²) in [6, 6.07) is 0. The van der Waals surface area contributed by atoms with Crippen LogP contribution in [0.15, 0.2) is 0 Å². The fraction of sp³-hybridized carbons (Fsp3) is 1.00. The fourth-order valence-electron chi connectivity index (χ4n) is 1.83. The topological polar surface area (TPSA) is 0 Å². The summed E-state index contributed by atoms with van der Waals surface area (Å²) >= 11 is 8.78. The number of hydrogen-bond acceptors (Lipinski definition) is 4. The van der Waals surface area contributed by atoms with Crippen molar-refractivity contribution in [2.24, 2.45) is 0 Å². The van der Waals surface area contributed by atoms with Crippen LogP contribution < -0.4 is 0 Å². The second-order valence-corrected chi connectivity index (χ2v) is 10.0. The molecule has 0 nitrogen and oxygen atoms in total. The predicted octanol–water partition coefficient (Wildman–Crippen LogP) is 3.60. The Labute approximate surface area is 110 Å². The maximum atomic E-state index is 2.29. The summed E-state index contributed by atoms with van der Waals surface area (Å²) in [7, 11) is 0. The molecule has 0 aromatic carbocycles. The highest BCUT2D eigenvalue weighted by Gasteiger charge is 2.32. The number of hydrogen-bond donors (Lipinski definition) is 0. The number of rotatable bonds is 8. The molecule has 0 aromatic heterocycles. The molecule has 86 valence electrons. The molecule has 0 bridgehead atoms. The van der Waals surface area contributed by atoms with Gasteiger partial charge in [0, 0.05) is 38.3 Å². The van der Waals surface area contributed by atoms with E-state index < -0.39 is 0 Å². The minimum atomic E-state index is 0.994. The van der Waals surface area contributed by atoms with Crippen molar-refractivity contribution >= 4 is 47.0 Å². The molecular formula is C11H18S4. The Kier molecular flexibility index (Phi) is 4.11. The molecule has 0 spiro atoms. The quantitative estimate of drug-likeness (QED) is 0.622. The van der Waals surface area contributed by atoms with Crippen LogP contribution in [0.5, 0.6) is 0 Å². The van der Waals surface area contributed by atoms with Crippen molar-refractivity contribution in [2.45, 2.75) is 40.3 Å². The van der Waals surface area contributed by atoms with E-state index in [1.54, 1.807) is 0 Å². The summed E-state index contributed by atoms with van der Waals surface area (Å²) in [5.74, 6) is 5.78. The molecule has 0 radical (unpaired) electrons. The maximum absolute atomic E-state index is 2.29. The van der Waals surface area contributed by atoms with Crippen molar-refractivity contribution < 1.29 is 0 Å². The lowest BCUT2D eigenvalue weighted by atomic mass is 10.1. The molecule has 3 aliphatic heterocycles. The van der Waals surface area contributed by atoms with Gasteiger partial charge in [0.15, 0.2) is 0 Å². The second kappa shape index (κ2) is 5.36. The van der Waals surface area contributed by atoms with Crippen molar-refractivity contribution in [3.63, 3.8) is 0 Å². The van der Waals surface area contributed by atoms with E-state index in [2.05, 4.69) is 47.0 Å². The third kappa shape index (κ3) is 4.64. The summed E-state index contributed by atoms with van der Waals surface area (Å²) in [6.07, 6.45) is 4.48. The lowest BCUT2D eigenvalue weighted by molar-refractivity contribution is 0.731. The molecule has 0 amide bonds. The zero-order valence-corrected chi connectivity index (χ0v) is 12.2. The fourth-order valence-corrected chi connectivity index (χ4v) is 5.58. The minimum Gasteiger partial charge on any atom is -0.158 e. The summed E-state index contributed by atoms with van der Waals surface area (Å²) in [5, 5.41) is 4.13. The Bertz CT molecular complexity index is 195. The first-order valence-electron chi connectivity index (χ1n) is 5.86. The molecule has 3 atom stereocenters. The molecule has 0 saturated carbocycles. The Balaban J connectivity index is 1.34. The van der Waals surface area contributed by atoms with E-state index in [9.17, 15) is 0 Å².